The quantitative estimate of drug-likeness (QED) is 0.714. The molecular formula is C18H16N3OS2+. The molecule has 120 valence electrons. The Bertz CT molecular complexity index is 835. The minimum atomic E-state index is -0.105. The van der Waals surface area contributed by atoms with Gasteiger partial charge in [0.25, 0.3) is 5.91 Å². The van der Waals surface area contributed by atoms with Crippen molar-refractivity contribution in [1.29, 1.82) is 5.26 Å². The minimum Gasteiger partial charge on any atom is -0.328 e. The Morgan fingerprint density at radius 2 is 1.96 bits per heavy atom. The lowest BCUT2D eigenvalue weighted by atomic mass is 10.1. The molecule has 0 unspecified atom stereocenters. The molecule has 0 aliphatic heterocycles. The minimum absolute atomic E-state index is 0.0933. The second-order valence-corrected chi connectivity index (χ2v) is 7.06. The molecule has 3 N–H and O–H groups in total. The van der Waals surface area contributed by atoms with Crippen molar-refractivity contribution in [2.45, 2.75) is 6.04 Å². The first-order chi connectivity index (χ1) is 11.8. The highest BCUT2D eigenvalue weighted by Gasteiger charge is 2.20. The summed E-state index contributed by atoms with van der Waals surface area (Å²) in [5.41, 5.74) is 1.67. The number of amides is 1. The van der Waals surface area contributed by atoms with E-state index in [-0.39, 0.29) is 11.9 Å². The van der Waals surface area contributed by atoms with Gasteiger partial charge in [-0.1, -0.05) is 36.4 Å². The van der Waals surface area contributed by atoms with Crippen LogP contribution < -0.4 is 10.6 Å². The topological polar surface area (TPSA) is 69.5 Å². The molecule has 6 heteroatoms. The SMILES string of the molecule is N#Cc1ccsc1NC(=O)C[NH2+][C@@H](c1ccccc1)c1cccs1. The molecule has 1 aromatic carbocycles. The summed E-state index contributed by atoms with van der Waals surface area (Å²) in [4.78, 5) is 13.5. The summed E-state index contributed by atoms with van der Waals surface area (Å²) < 4.78 is 0. The molecule has 0 fully saturated rings. The van der Waals surface area contributed by atoms with Crippen LogP contribution in [0.2, 0.25) is 0 Å². The van der Waals surface area contributed by atoms with Crippen molar-refractivity contribution < 1.29 is 10.1 Å². The fraction of sp³-hybridized carbons (Fsp3) is 0.111. The lowest BCUT2D eigenvalue weighted by Gasteiger charge is -2.14. The van der Waals surface area contributed by atoms with E-state index in [0.717, 1.165) is 0 Å². The van der Waals surface area contributed by atoms with Crippen LogP contribution in [0.25, 0.3) is 0 Å². The van der Waals surface area contributed by atoms with Crippen molar-refractivity contribution in [2.24, 2.45) is 0 Å². The maximum Gasteiger partial charge on any atom is 0.280 e. The van der Waals surface area contributed by atoms with Gasteiger partial charge in [0, 0.05) is 5.56 Å². The Morgan fingerprint density at radius 3 is 2.67 bits per heavy atom. The van der Waals surface area contributed by atoms with Gasteiger partial charge in [0.05, 0.1) is 10.4 Å². The Morgan fingerprint density at radius 1 is 1.12 bits per heavy atom. The fourth-order valence-corrected chi connectivity index (χ4v) is 4.05. The first kappa shape index (κ1) is 16.4. The molecule has 4 nitrogen and oxygen atoms in total. The number of anilines is 1. The monoisotopic (exact) mass is 354 g/mol. The zero-order valence-corrected chi connectivity index (χ0v) is 14.4. The van der Waals surface area contributed by atoms with Crippen LogP contribution in [0.3, 0.4) is 0 Å². The van der Waals surface area contributed by atoms with Crippen LogP contribution in [0, 0.1) is 11.3 Å². The predicted octanol–water partition coefficient (Wildman–Crippen LogP) is 2.97. The van der Waals surface area contributed by atoms with Gasteiger partial charge in [-0.05, 0) is 22.9 Å². The molecule has 0 bridgehead atoms. The number of nitrogens with two attached hydrogens (primary N) is 1. The van der Waals surface area contributed by atoms with Gasteiger partial charge in [-0.25, -0.2) is 0 Å². The van der Waals surface area contributed by atoms with Crippen LogP contribution in [0.4, 0.5) is 5.00 Å². The average molecular weight is 354 g/mol. The van der Waals surface area contributed by atoms with Crippen molar-refractivity contribution >= 4 is 33.6 Å². The van der Waals surface area contributed by atoms with Gasteiger partial charge in [-0.3, -0.25) is 4.79 Å². The van der Waals surface area contributed by atoms with Gasteiger partial charge in [-0.2, -0.15) is 5.26 Å². The highest BCUT2D eigenvalue weighted by molar-refractivity contribution is 7.14. The smallest absolute Gasteiger partial charge is 0.280 e. The number of nitriles is 1. The molecule has 3 aromatic rings. The fourth-order valence-electron chi connectivity index (χ4n) is 2.44. The molecule has 24 heavy (non-hydrogen) atoms. The molecule has 1 atom stereocenters. The van der Waals surface area contributed by atoms with E-state index in [1.165, 1.54) is 21.8 Å². The molecule has 0 saturated carbocycles. The largest absolute Gasteiger partial charge is 0.328 e. The van der Waals surface area contributed by atoms with Gasteiger partial charge in [0.15, 0.2) is 6.54 Å². The van der Waals surface area contributed by atoms with Gasteiger partial charge in [0.1, 0.15) is 17.1 Å². The van der Waals surface area contributed by atoms with E-state index in [4.69, 9.17) is 5.26 Å². The number of hydrogen-bond donors (Lipinski definition) is 2. The van der Waals surface area contributed by atoms with Crippen LogP contribution >= 0.6 is 22.7 Å². The summed E-state index contributed by atoms with van der Waals surface area (Å²) in [5, 5.41) is 18.3. The van der Waals surface area contributed by atoms with Crippen LogP contribution in [-0.2, 0) is 4.79 Å². The maximum atomic E-state index is 12.2. The number of nitrogens with zero attached hydrogens (tertiary/aromatic N) is 1. The van der Waals surface area contributed by atoms with Crippen LogP contribution in [0.15, 0.2) is 59.3 Å². The number of carbonyl (C=O) groups excluding carboxylic acids is 1. The summed E-state index contributed by atoms with van der Waals surface area (Å²) in [6, 6.07) is 18.2. The molecule has 2 aromatic heterocycles. The lowest BCUT2D eigenvalue weighted by Crippen LogP contribution is -2.87. The Balaban J connectivity index is 1.68. The zero-order valence-electron chi connectivity index (χ0n) is 12.8. The van der Waals surface area contributed by atoms with Crippen molar-refractivity contribution in [3.05, 3.63) is 75.3 Å². The van der Waals surface area contributed by atoms with Crippen molar-refractivity contribution in [3.8, 4) is 6.07 Å². The molecular weight excluding hydrogens is 338 g/mol. The molecule has 0 spiro atoms. The molecule has 0 radical (unpaired) electrons. The highest BCUT2D eigenvalue weighted by atomic mass is 32.1. The van der Waals surface area contributed by atoms with E-state index < -0.39 is 0 Å². The number of carbonyl (C=O) groups is 1. The Labute approximate surface area is 148 Å². The molecule has 0 aliphatic rings. The van der Waals surface area contributed by atoms with E-state index in [9.17, 15) is 4.79 Å². The van der Waals surface area contributed by atoms with Crippen molar-refractivity contribution in [3.63, 3.8) is 0 Å². The normalized spacial score (nSPS) is 11.6. The standard InChI is InChI=1S/C18H15N3OS2/c19-11-14-8-10-24-18(14)21-16(22)12-20-17(15-7-4-9-23-15)13-5-2-1-3-6-13/h1-10,17,20H,12H2,(H,21,22)/p+1/t17-/m0/s1. The third kappa shape index (κ3) is 3.89. The lowest BCUT2D eigenvalue weighted by molar-refractivity contribution is -0.675. The number of rotatable bonds is 6. The third-order valence-corrected chi connectivity index (χ3v) is 5.37. The average Bonchev–Trinajstić information content (AvgIpc) is 3.28. The maximum absolute atomic E-state index is 12.2. The summed E-state index contributed by atoms with van der Waals surface area (Å²) in [5.74, 6) is -0.105. The summed E-state index contributed by atoms with van der Waals surface area (Å²) in [6.45, 7) is 0.292. The van der Waals surface area contributed by atoms with Crippen LogP contribution in [0.5, 0.6) is 0 Å². The Hall–Kier alpha value is -2.46. The van der Waals surface area contributed by atoms with E-state index in [1.807, 2.05) is 35.0 Å². The second kappa shape index (κ2) is 7.88. The number of hydrogen-bond acceptors (Lipinski definition) is 4. The van der Waals surface area contributed by atoms with Gasteiger partial charge < -0.3 is 10.6 Å². The van der Waals surface area contributed by atoms with Gasteiger partial charge in [0.2, 0.25) is 0 Å². The van der Waals surface area contributed by atoms with E-state index >= 15 is 0 Å². The molecule has 0 aliphatic carbocycles. The predicted molar refractivity (Wildman–Crippen MR) is 97.1 cm³/mol. The number of nitrogens with one attached hydrogen (secondary N) is 1. The van der Waals surface area contributed by atoms with Gasteiger partial charge >= 0.3 is 0 Å². The number of thiophene rings is 2. The zero-order chi connectivity index (χ0) is 16.8. The van der Waals surface area contributed by atoms with E-state index in [1.54, 1.807) is 22.8 Å². The summed E-state index contributed by atoms with van der Waals surface area (Å²) >= 11 is 3.05. The number of quaternary nitrogens is 1. The molecule has 1 amide bonds. The first-order valence-electron chi connectivity index (χ1n) is 7.47. The van der Waals surface area contributed by atoms with Crippen molar-refractivity contribution in [1.82, 2.24) is 0 Å². The van der Waals surface area contributed by atoms with Gasteiger partial charge in [-0.15, -0.1) is 22.7 Å². The summed E-state index contributed by atoms with van der Waals surface area (Å²) in [7, 11) is 0. The van der Waals surface area contributed by atoms with Crippen molar-refractivity contribution in [2.75, 3.05) is 11.9 Å². The van der Waals surface area contributed by atoms with Crippen LogP contribution in [-0.4, -0.2) is 12.5 Å². The molecule has 2 heterocycles. The third-order valence-electron chi connectivity index (χ3n) is 3.59. The summed E-state index contributed by atoms with van der Waals surface area (Å²) in [6.07, 6.45) is 0. The number of benzene rings is 1. The molecule has 0 saturated heterocycles. The first-order valence-corrected chi connectivity index (χ1v) is 9.23. The van der Waals surface area contributed by atoms with E-state index in [2.05, 4.69) is 29.6 Å². The van der Waals surface area contributed by atoms with Crippen LogP contribution in [0.1, 0.15) is 22.0 Å². The Kier molecular flexibility index (Phi) is 5.39. The van der Waals surface area contributed by atoms with E-state index in [0.29, 0.717) is 17.1 Å². The second-order valence-electron chi connectivity index (χ2n) is 5.17. The highest BCUT2D eigenvalue weighted by Crippen LogP contribution is 2.23. The molecule has 3 rings (SSSR count).